The molecule has 2 aromatic heterocycles. The molecule has 0 unspecified atom stereocenters. The number of methoxy groups -OCH3 is 1. The van der Waals surface area contributed by atoms with E-state index in [0.717, 1.165) is 0 Å². The molecule has 1 fully saturated rings. The van der Waals surface area contributed by atoms with Crippen LogP contribution >= 0.6 is 11.6 Å². The molecule has 30 heavy (non-hydrogen) atoms. The second-order valence-corrected chi connectivity index (χ2v) is 9.23. The lowest BCUT2D eigenvalue weighted by Gasteiger charge is -2.38. The van der Waals surface area contributed by atoms with Gasteiger partial charge in [0.1, 0.15) is 28.1 Å². The van der Waals surface area contributed by atoms with Crippen LogP contribution in [0.5, 0.6) is 5.88 Å². The minimum atomic E-state index is -1.48. The van der Waals surface area contributed by atoms with E-state index in [1.54, 1.807) is 11.8 Å². The van der Waals surface area contributed by atoms with Crippen LogP contribution in [0, 0.1) is 11.2 Å². The molecule has 2 aliphatic rings. The van der Waals surface area contributed by atoms with Gasteiger partial charge in [-0.15, -0.1) is 5.10 Å². The van der Waals surface area contributed by atoms with E-state index in [-0.39, 0.29) is 46.0 Å². The maximum absolute atomic E-state index is 15.2. The number of fused-ring (bicyclic) bond motifs is 3. The maximum atomic E-state index is 15.2. The first kappa shape index (κ1) is 20.9. The molecule has 0 saturated heterocycles. The van der Waals surface area contributed by atoms with Gasteiger partial charge in [-0.05, 0) is 5.41 Å². The topological polar surface area (TPSA) is 95.6 Å². The van der Waals surface area contributed by atoms with Crippen molar-refractivity contribution in [3.05, 3.63) is 32.8 Å². The van der Waals surface area contributed by atoms with Crippen LogP contribution in [0.4, 0.5) is 4.39 Å². The summed E-state index contributed by atoms with van der Waals surface area (Å²) >= 11 is 6.52. The third-order valence-corrected chi connectivity index (χ3v) is 6.18. The van der Waals surface area contributed by atoms with Crippen LogP contribution in [0.1, 0.15) is 50.0 Å². The average Bonchev–Trinajstić information content (AvgIpc) is 2.94. The van der Waals surface area contributed by atoms with Crippen molar-refractivity contribution < 1.29 is 23.8 Å². The summed E-state index contributed by atoms with van der Waals surface area (Å²) in [7, 11) is 1.64. The van der Waals surface area contributed by atoms with Crippen LogP contribution in [0.15, 0.2) is 11.0 Å². The molecule has 0 spiro atoms. The fourth-order valence-corrected chi connectivity index (χ4v) is 4.25. The highest BCUT2D eigenvalue weighted by Gasteiger charge is 2.40. The van der Waals surface area contributed by atoms with Gasteiger partial charge in [-0.2, -0.15) is 0 Å². The Balaban J connectivity index is 1.86. The molecule has 3 heterocycles. The summed E-state index contributed by atoms with van der Waals surface area (Å²) in [6, 6.07) is -0.362. The fourth-order valence-electron chi connectivity index (χ4n) is 3.98. The second kappa shape index (κ2) is 7.09. The van der Waals surface area contributed by atoms with Crippen molar-refractivity contribution in [1.29, 1.82) is 0 Å². The molecular formula is C20H23ClFN3O5. The molecule has 1 aliphatic carbocycles. The number of aromatic nitrogens is 3. The molecule has 8 nitrogen and oxygen atoms in total. The van der Waals surface area contributed by atoms with Crippen molar-refractivity contribution in [2.75, 3.05) is 7.11 Å². The number of rotatable bonds is 4. The Labute approximate surface area is 177 Å². The van der Waals surface area contributed by atoms with E-state index in [4.69, 9.17) is 21.1 Å². The van der Waals surface area contributed by atoms with Gasteiger partial charge in [-0.3, -0.25) is 9.48 Å². The largest absolute Gasteiger partial charge is 0.477 e. The van der Waals surface area contributed by atoms with Crippen molar-refractivity contribution in [3.8, 4) is 17.3 Å². The number of carbonyl (C=O) groups is 1. The average molecular weight is 440 g/mol. The van der Waals surface area contributed by atoms with Crippen molar-refractivity contribution in [1.82, 2.24) is 14.3 Å². The fraction of sp³-hybridized carbons (Fsp3) is 0.550. The summed E-state index contributed by atoms with van der Waals surface area (Å²) < 4.78 is 29.4. The number of aromatic carboxylic acids is 1. The SMILES string of the molecule is CO[C@H]1C[C@H](Oc2nn3c(c2Cl)-c2c(F)c(=O)c(C(=O)O)cn2[C@H](C(C)(C)C)C3)C1. The van der Waals surface area contributed by atoms with Gasteiger partial charge in [0.2, 0.25) is 5.43 Å². The molecule has 1 N–H and O–H groups in total. The van der Waals surface area contributed by atoms with Crippen molar-refractivity contribution >= 4 is 17.6 Å². The van der Waals surface area contributed by atoms with Gasteiger partial charge >= 0.3 is 5.97 Å². The van der Waals surface area contributed by atoms with Crippen LogP contribution in [0.3, 0.4) is 0 Å². The first-order valence-corrected chi connectivity index (χ1v) is 10.0. The van der Waals surface area contributed by atoms with Crippen LogP contribution < -0.4 is 10.2 Å². The summed E-state index contributed by atoms with van der Waals surface area (Å²) in [6.45, 7) is 6.17. The number of nitrogens with zero attached hydrogens (tertiary/aromatic N) is 3. The molecule has 1 aliphatic heterocycles. The highest BCUT2D eigenvalue weighted by atomic mass is 35.5. The van der Waals surface area contributed by atoms with Gasteiger partial charge < -0.3 is 19.1 Å². The lowest BCUT2D eigenvalue weighted by Crippen LogP contribution is -2.39. The third-order valence-electron chi connectivity index (χ3n) is 5.84. The quantitative estimate of drug-likeness (QED) is 0.784. The number of hydrogen-bond donors (Lipinski definition) is 1. The van der Waals surface area contributed by atoms with E-state index in [1.807, 2.05) is 20.8 Å². The lowest BCUT2D eigenvalue weighted by atomic mass is 9.85. The first-order chi connectivity index (χ1) is 14.0. The first-order valence-electron chi connectivity index (χ1n) is 9.67. The summed E-state index contributed by atoms with van der Waals surface area (Å²) in [5.74, 6) is -2.48. The van der Waals surface area contributed by atoms with E-state index >= 15 is 4.39 Å². The van der Waals surface area contributed by atoms with E-state index in [9.17, 15) is 14.7 Å². The van der Waals surface area contributed by atoms with Gasteiger partial charge in [-0.1, -0.05) is 32.4 Å². The molecule has 0 aromatic carbocycles. The number of pyridine rings is 1. The van der Waals surface area contributed by atoms with Crippen LogP contribution in [0.2, 0.25) is 5.02 Å². The predicted octanol–water partition coefficient (Wildman–Crippen LogP) is 3.36. The molecule has 4 rings (SSSR count). The number of carboxylic acids is 1. The molecule has 1 saturated carbocycles. The maximum Gasteiger partial charge on any atom is 0.341 e. The highest BCUT2D eigenvalue weighted by molar-refractivity contribution is 6.34. The number of carboxylic acid groups (broad SMARTS) is 1. The Kier molecular flexibility index (Phi) is 4.93. The van der Waals surface area contributed by atoms with Crippen molar-refractivity contribution in [2.45, 2.75) is 58.4 Å². The Morgan fingerprint density at radius 1 is 1.30 bits per heavy atom. The van der Waals surface area contributed by atoms with Gasteiger partial charge in [0.05, 0.1) is 18.7 Å². The Morgan fingerprint density at radius 3 is 2.53 bits per heavy atom. The standard InChI is InChI=1S/C20H23ClFN3O5/c1-20(2,3)12-8-25-15(13(21)18(23-25)30-10-5-9(6-10)29-4)16-14(22)17(26)11(19(27)28)7-24(12)16/h7,9-10,12H,5-6,8H2,1-4H3,(H,27,28)/t9-,10-,12-/m0/s1. The molecule has 2 aromatic rings. The highest BCUT2D eigenvalue weighted by Crippen LogP contribution is 2.45. The zero-order valence-electron chi connectivity index (χ0n) is 17.1. The summed E-state index contributed by atoms with van der Waals surface area (Å²) in [5, 5.41) is 13.9. The molecular weight excluding hydrogens is 417 g/mol. The summed E-state index contributed by atoms with van der Waals surface area (Å²) in [6.07, 6.45) is 2.62. The molecule has 0 amide bonds. The molecule has 0 bridgehead atoms. The van der Waals surface area contributed by atoms with Crippen molar-refractivity contribution in [2.24, 2.45) is 5.41 Å². The second-order valence-electron chi connectivity index (χ2n) is 8.85. The van der Waals surface area contributed by atoms with Crippen LogP contribution in [-0.2, 0) is 11.3 Å². The van der Waals surface area contributed by atoms with Crippen LogP contribution in [0.25, 0.3) is 11.4 Å². The Morgan fingerprint density at radius 2 is 1.97 bits per heavy atom. The van der Waals surface area contributed by atoms with E-state index < -0.39 is 22.8 Å². The monoisotopic (exact) mass is 439 g/mol. The molecule has 0 radical (unpaired) electrons. The lowest BCUT2D eigenvalue weighted by molar-refractivity contribution is -0.0398. The van der Waals surface area contributed by atoms with Gasteiger partial charge in [0.15, 0.2) is 5.82 Å². The van der Waals surface area contributed by atoms with E-state index in [2.05, 4.69) is 5.10 Å². The number of halogens is 2. The normalized spacial score (nSPS) is 22.8. The summed E-state index contributed by atoms with van der Waals surface area (Å²) in [4.78, 5) is 23.9. The van der Waals surface area contributed by atoms with Crippen LogP contribution in [-0.4, -0.2) is 44.7 Å². The minimum absolute atomic E-state index is 0.0769. The number of hydrogen-bond acceptors (Lipinski definition) is 5. The van der Waals surface area contributed by atoms with Gasteiger partial charge in [-0.25, -0.2) is 9.18 Å². The summed E-state index contributed by atoms with van der Waals surface area (Å²) in [5.41, 5.74) is -2.06. The zero-order valence-corrected chi connectivity index (χ0v) is 17.9. The van der Waals surface area contributed by atoms with Gasteiger partial charge in [0, 0.05) is 26.1 Å². The van der Waals surface area contributed by atoms with Crippen molar-refractivity contribution in [3.63, 3.8) is 0 Å². The minimum Gasteiger partial charge on any atom is -0.477 e. The zero-order chi connectivity index (χ0) is 22.0. The molecule has 162 valence electrons. The number of ether oxygens (including phenoxy) is 2. The predicted molar refractivity (Wildman–Crippen MR) is 107 cm³/mol. The smallest absolute Gasteiger partial charge is 0.341 e. The van der Waals surface area contributed by atoms with Gasteiger partial charge in [0.25, 0.3) is 5.88 Å². The van der Waals surface area contributed by atoms with E-state index in [1.165, 1.54) is 10.8 Å². The molecule has 10 heteroatoms. The molecule has 1 atom stereocenters. The van der Waals surface area contributed by atoms with E-state index in [0.29, 0.717) is 19.4 Å². The Hall–Kier alpha value is -2.39. The Bertz CT molecular complexity index is 1080. The third kappa shape index (κ3) is 3.20.